The summed E-state index contributed by atoms with van der Waals surface area (Å²) in [6.07, 6.45) is -2.98. The van der Waals surface area contributed by atoms with Crippen LogP contribution in [0.2, 0.25) is 0 Å². The van der Waals surface area contributed by atoms with Crippen LogP contribution in [0.5, 0.6) is 0 Å². The molecule has 20 heavy (non-hydrogen) atoms. The maximum absolute atomic E-state index is 12.5. The number of benzene rings is 1. The molecule has 1 aliphatic rings. The molecule has 1 aromatic rings. The third-order valence-electron chi connectivity index (χ3n) is 3.02. The minimum Gasteiger partial charge on any atom is -0.397 e. The van der Waals surface area contributed by atoms with Gasteiger partial charge in [0.2, 0.25) is 0 Å². The Bertz CT molecular complexity index is 595. The van der Waals surface area contributed by atoms with Crippen molar-refractivity contribution in [2.75, 3.05) is 23.5 Å². The zero-order valence-electron chi connectivity index (χ0n) is 10.4. The number of nitrogens with zero attached hydrogens (tertiary/aromatic N) is 1. The Balaban J connectivity index is 2.22. The summed E-state index contributed by atoms with van der Waals surface area (Å²) in [6.45, 7) is 0.797. The van der Waals surface area contributed by atoms with Crippen molar-refractivity contribution < 1.29 is 21.6 Å². The molecule has 0 unspecified atom stereocenters. The third-order valence-corrected chi connectivity index (χ3v) is 4.55. The molecule has 1 aliphatic heterocycles. The highest BCUT2D eigenvalue weighted by Crippen LogP contribution is 2.33. The number of nitrogens with one attached hydrogen (secondary N) is 1. The van der Waals surface area contributed by atoms with E-state index in [-0.39, 0.29) is 11.4 Å². The van der Waals surface area contributed by atoms with Crippen LogP contribution in [0.25, 0.3) is 0 Å². The first kappa shape index (κ1) is 14.9. The predicted octanol–water partition coefficient (Wildman–Crippen LogP) is 2.04. The average molecular weight is 309 g/mol. The van der Waals surface area contributed by atoms with Gasteiger partial charge in [0.05, 0.1) is 16.9 Å². The molecule has 0 spiro atoms. The molecule has 5 nitrogen and oxygen atoms in total. The molecule has 0 atom stereocenters. The van der Waals surface area contributed by atoms with E-state index in [1.165, 1.54) is 4.31 Å². The number of alkyl halides is 3. The van der Waals surface area contributed by atoms with Gasteiger partial charge in [-0.2, -0.15) is 25.9 Å². The number of rotatable bonds is 3. The Morgan fingerprint density at radius 2 is 1.80 bits per heavy atom. The number of hydrogen-bond acceptors (Lipinski definition) is 3. The molecule has 2 rings (SSSR count). The maximum atomic E-state index is 12.5. The highest BCUT2D eigenvalue weighted by molar-refractivity contribution is 7.90. The summed E-state index contributed by atoms with van der Waals surface area (Å²) in [5, 5.41) is 0. The normalized spacial score (nSPS) is 17.4. The average Bonchev–Trinajstić information content (AvgIpc) is 2.84. The van der Waals surface area contributed by atoms with Crippen molar-refractivity contribution in [3.8, 4) is 0 Å². The van der Waals surface area contributed by atoms with Gasteiger partial charge in [-0.25, -0.2) is 0 Å². The molecule has 0 aliphatic carbocycles. The van der Waals surface area contributed by atoms with Crippen molar-refractivity contribution in [2.45, 2.75) is 19.0 Å². The van der Waals surface area contributed by atoms with Crippen LogP contribution in [0.1, 0.15) is 18.4 Å². The Kier molecular flexibility index (Phi) is 3.83. The lowest BCUT2D eigenvalue weighted by Gasteiger charge is -2.18. The lowest BCUT2D eigenvalue weighted by molar-refractivity contribution is -0.137. The summed E-state index contributed by atoms with van der Waals surface area (Å²) in [6, 6.07) is 2.52. The first-order valence-corrected chi connectivity index (χ1v) is 7.39. The number of halogens is 3. The Hall–Kier alpha value is -1.48. The monoisotopic (exact) mass is 309 g/mol. The van der Waals surface area contributed by atoms with Gasteiger partial charge in [0.15, 0.2) is 0 Å². The van der Waals surface area contributed by atoms with E-state index < -0.39 is 21.9 Å². The van der Waals surface area contributed by atoms with Crippen molar-refractivity contribution in [1.29, 1.82) is 0 Å². The first-order chi connectivity index (χ1) is 9.20. The van der Waals surface area contributed by atoms with E-state index in [9.17, 15) is 21.6 Å². The fraction of sp³-hybridized carbons (Fsp3) is 0.455. The lowest BCUT2D eigenvalue weighted by atomic mass is 10.2. The molecule has 1 heterocycles. The first-order valence-electron chi connectivity index (χ1n) is 5.95. The van der Waals surface area contributed by atoms with E-state index in [0.717, 1.165) is 25.0 Å². The van der Waals surface area contributed by atoms with Crippen molar-refractivity contribution in [3.05, 3.63) is 23.8 Å². The summed E-state index contributed by atoms with van der Waals surface area (Å²) in [7, 11) is -3.76. The minimum absolute atomic E-state index is 0.0510. The van der Waals surface area contributed by atoms with Crippen LogP contribution in [0, 0.1) is 0 Å². The second-order valence-electron chi connectivity index (χ2n) is 4.51. The second kappa shape index (κ2) is 5.13. The maximum Gasteiger partial charge on any atom is 0.416 e. The highest BCUT2D eigenvalue weighted by atomic mass is 32.2. The number of nitrogens with two attached hydrogens (primary N) is 1. The molecule has 3 N–H and O–H groups in total. The quantitative estimate of drug-likeness (QED) is 0.839. The van der Waals surface area contributed by atoms with Gasteiger partial charge >= 0.3 is 16.4 Å². The fourth-order valence-electron chi connectivity index (χ4n) is 1.96. The molecule has 1 aromatic carbocycles. The fourth-order valence-corrected chi connectivity index (χ4v) is 3.30. The molecule has 1 saturated heterocycles. The van der Waals surface area contributed by atoms with Crippen LogP contribution in [-0.4, -0.2) is 25.8 Å². The van der Waals surface area contributed by atoms with Gasteiger partial charge in [0.25, 0.3) is 0 Å². The topological polar surface area (TPSA) is 75.4 Å². The van der Waals surface area contributed by atoms with E-state index in [1.54, 1.807) is 0 Å². The standard InChI is InChI=1S/C11H14F3N3O2S/c12-11(13,14)8-3-4-10(9(15)7-8)16-20(18,19)17-5-1-2-6-17/h3-4,7,16H,1-2,5-6,15H2. The SMILES string of the molecule is Nc1cc(C(F)(F)F)ccc1NS(=O)(=O)N1CCCC1. The van der Waals surface area contributed by atoms with Crippen LogP contribution in [0.3, 0.4) is 0 Å². The van der Waals surface area contributed by atoms with Gasteiger partial charge in [-0.05, 0) is 31.0 Å². The van der Waals surface area contributed by atoms with Gasteiger partial charge in [-0.3, -0.25) is 4.72 Å². The Morgan fingerprint density at radius 3 is 2.30 bits per heavy atom. The summed E-state index contributed by atoms with van der Waals surface area (Å²) >= 11 is 0. The van der Waals surface area contributed by atoms with Gasteiger partial charge in [0, 0.05) is 13.1 Å². The zero-order valence-corrected chi connectivity index (χ0v) is 11.3. The summed E-state index contributed by atoms with van der Waals surface area (Å²) in [5.41, 5.74) is 4.25. The summed E-state index contributed by atoms with van der Waals surface area (Å²) in [4.78, 5) is 0. The molecule has 0 saturated carbocycles. The lowest BCUT2D eigenvalue weighted by Crippen LogP contribution is -2.33. The molecule has 0 bridgehead atoms. The van der Waals surface area contributed by atoms with E-state index >= 15 is 0 Å². The molecule has 0 radical (unpaired) electrons. The molecular weight excluding hydrogens is 295 g/mol. The van der Waals surface area contributed by atoms with Gasteiger partial charge in [0.1, 0.15) is 0 Å². The van der Waals surface area contributed by atoms with Crippen LogP contribution in [0.4, 0.5) is 24.5 Å². The van der Waals surface area contributed by atoms with Crippen molar-refractivity contribution in [2.24, 2.45) is 0 Å². The van der Waals surface area contributed by atoms with E-state index in [1.807, 2.05) is 0 Å². The van der Waals surface area contributed by atoms with Crippen LogP contribution < -0.4 is 10.5 Å². The minimum atomic E-state index is -4.51. The molecule has 9 heteroatoms. The number of hydrogen-bond donors (Lipinski definition) is 2. The van der Waals surface area contributed by atoms with Crippen LogP contribution in [0.15, 0.2) is 18.2 Å². The van der Waals surface area contributed by atoms with Gasteiger partial charge in [-0.1, -0.05) is 0 Å². The highest BCUT2D eigenvalue weighted by Gasteiger charge is 2.31. The van der Waals surface area contributed by atoms with Crippen molar-refractivity contribution >= 4 is 21.6 Å². The Labute approximate surface area is 114 Å². The van der Waals surface area contributed by atoms with Crippen LogP contribution >= 0.6 is 0 Å². The largest absolute Gasteiger partial charge is 0.416 e. The third kappa shape index (κ3) is 3.15. The molecule has 0 aromatic heterocycles. The molecule has 1 fully saturated rings. The van der Waals surface area contributed by atoms with E-state index in [0.29, 0.717) is 19.2 Å². The molecule has 0 amide bonds. The van der Waals surface area contributed by atoms with Crippen LogP contribution in [-0.2, 0) is 16.4 Å². The zero-order chi connectivity index (χ0) is 15.0. The van der Waals surface area contributed by atoms with Crippen molar-refractivity contribution in [1.82, 2.24) is 4.31 Å². The molecular formula is C11H14F3N3O2S. The van der Waals surface area contributed by atoms with Gasteiger partial charge < -0.3 is 5.73 Å². The predicted molar refractivity (Wildman–Crippen MR) is 69.2 cm³/mol. The number of nitrogen functional groups attached to an aromatic ring is 1. The molecule has 112 valence electrons. The summed E-state index contributed by atoms with van der Waals surface area (Å²) in [5.74, 6) is 0. The second-order valence-corrected chi connectivity index (χ2v) is 6.18. The van der Waals surface area contributed by atoms with Gasteiger partial charge in [-0.15, -0.1) is 0 Å². The van der Waals surface area contributed by atoms with E-state index in [2.05, 4.69) is 4.72 Å². The smallest absolute Gasteiger partial charge is 0.397 e. The number of anilines is 2. The van der Waals surface area contributed by atoms with E-state index in [4.69, 9.17) is 5.73 Å². The Morgan fingerprint density at radius 1 is 1.20 bits per heavy atom. The summed E-state index contributed by atoms with van der Waals surface area (Å²) < 4.78 is 64.8. The van der Waals surface area contributed by atoms with Crippen molar-refractivity contribution in [3.63, 3.8) is 0 Å².